The van der Waals surface area contributed by atoms with Gasteiger partial charge in [0.2, 0.25) is 5.91 Å². The molecule has 0 saturated heterocycles. The molecule has 9 heteroatoms. The summed E-state index contributed by atoms with van der Waals surface area (Å²) < 4.78 is 36.0. The summed E-state index contributed by atoms with van der Waals surface area (Å²) in [6, 6.07) is 12.0. The molecule has 1 aromatic heterocycles. The Morgan fingerprint density at radius 1 is 1.23 bits per heavy atom. The van der Waals surface area contributed by atoms with E-state index in [-0.39, 0.29) is 17.4 Å². The second-order valence-corrected chi connectivity index (χ2v) is 7.69. The Bertz CT molecular complexity index is 979. The average molecular weight is 435 g/mol. The number of anilines is 1. The van der Waals surface area contributed by atoms with Crippen LogP contribution >= 0.6 is 11.3 Å². The smallest absolute Gasteiger partial charge is 0.387 e. The van der Waals surface area contributed by atoms with E-state index in [1.54, 1.807) is 26.0 Å². The van der Waals surface area contributed by atoms with E-state index < -0.39 is 12.7 Å². The summed E-state index contributed by atoms with van der Waals surface area (Å²) in [5, 5.41) is 3.41. The monoisotopic (exact) mass is 435 g/mol. The van der Waals surface area contributed by atoms with Crippen LogP contribution in [0, 0.1) is 0 Å². The second-order valence-electron chi connectivity index (χ2n) is 6.66. The molecule has 1 atom stereocenters. The first-order valence-electron chi connectivity index (χ1n) is 9.44. The topological polar surface area (TPSA) is 63.7 Å². The van der Waals surface area contributed by atoms with Gasteiger partial charge in [-0.3, -0.25) is 9.69 Å². The number of likely N-dealkylation sites (N-methyl/N-ethyl adjacent to an activating group) is 1. The lowest BCUT2D eigenvalue weighted by Crippen LogP contribution is -2.39. The number of ether oxygens (including phenoxy) is 2. The van der Waals surface area contributed by atoms with Crippen molar-refractivity contribution in [1.29, 1.82) is 0 Å². The van der Waals surface area contributed by atoms with E-state index >= 15 is 0 Å². The van der Waals surface area contributed by atoms with Crippen molar-refractivity contribution in [2.45, 2.75) is 33.0 Å². The van der Waals surface area contributed by atoms with Crippen molar-refractivity contribution in [3.63, 3.8) is 0 Å². The van der Waals surface area contributed by atoms with Crippen LogP contribution in [0.15, 0.2) is 42.5 Å². The third-order valence-corrected chi connectivity index (χ3v) is 5.47. The molecule has 1 N–H and O–H groups in total. The average Bonchev–Trinajstić information content (AvgIpc) is 3.11. The molecule has 0 aliphatic rings. The summed E-state index contributed by atoms with van der Waals surface area (Å²) in [5.74, 6) is 0.0504. The van der Waals surface area contributed by atoms with Crippen LogP contribution in [-0.4, -0.2) is 42.1 Å². The number of rotatable bonds is 9. The summed E-state index contributed by atoms with van der Waals surface area (Å²) in [5.41, 5.74) is 1.65. The predicted octanol–water partition coefficient (Wildman–Crippen LogP) is 4.76. The second kappa shape index (κ2) is 9.82. The SMILES string of the molecule is CCOc1cc(CN(C)C(C)C(=O)Nc2nc3ccccc3s2)ccc1OC(F)F. The molecule has 2 aromatic carbocycles. The first kappa shape index (κ1) is 21.9. The van der Waals surface area contributed by atoms with Gasteiger partial charge in [-0.2, -0.15) is 8.78 Å². The number of nitrogens with one attached hydrogen (secondary N) is 1. The van der Waals surface area contributed by atoms with Gasteiger partial charge in [-0.25, -0.2) is 4.98 Å². The first-order chi connectivity index (χ1) is 14.4. The lowest BCUT2D eigenvalue weighted by Gasteiger charge is -2.24. The van der Waals surface area contributed by atoms with Gasteiger partial charge in [0, 0.05) is 6.54 Å². The maximum Gasteiger partial charge on any atom is 0.387 e. The molecule has 1 unspecified atom stereocenters. The van der Waals surface area contributed by atoms with E-state index in [1.165, 1.54) is 17.4 Å². The van der Waals surface area contributed by atoms with E-state index in [0.717, 1.165) is 15.8 Å². The normalized spacial score (nSPS) is 12.4. The molecular formula is C21H23F2N3O3S. The fraction of sp³-hybridized carbons (Fsp3) is 0.333. The summed E-state index contributed by atoms with van der Waals surface area (Å²) in [6.45, 7) is 1.37. The molecule has 1 heterocycles. The summed E-state index contributed by atoms with van der Waals surface area (Å²) in [4.78, 5) is 18.9. The molecule has 0 spiro atoms. The molecular weight excluding hydrogens is 412 g/mol. The minimum atomic E-state index is -2.93. The molecule has 0 saturated carbocycles. The van der Waals surface area contributed by atoms with Crippen molar-refractivity contribution in [2.75, 3.05) is 19.0 Å². The highest BCUT2D eigenvalue weighted by Crippen LogP contribution is 2.30. The number of hydrogen-bond donors (Lipinski definition) is 1. The fourth-order valence-electron chi connectivity index (χ4n) is 2.87. The molecule has 3 aromatic rings. The lowest BCUT2D eigenvalue weighted by molar-refractivity contribution is -0.120. The summed E-state index contributed by atoms with van der Waals surface area (Å²) >= 11 is 1.42. The number of carbonyl (C=O) groups is 1. The van der Waals surface area contributed by atoms with Crippen LogP contribution in [-0.2, 0) is 11.3 Å². The number of carbonyl (C=O) groups excluding carboxylic acids is 1. The van der Waals surface area contributed by atoms with Crippen molar-refractivity contribution < 1.29 is 23.0 Å². The van der Waals surface area contributed by atoms with E-state index in [9.17, 15) is 13.6 Å². The number of hydrogen-bond acceptors (Lipinski definition) is 6. The molecule has 1 amide bonds. The van der Waals surface area contributed by atoms with Gasteiger partial charge in [0.25, 0.3) is 0 Å². The quantitative estimate of drug-likeness (QED) is 0.525. The first-order valence-corrected chi connectivity index (χ1v) is 10.3. The van der Waals surface area contributed by atoms with Crippen LogP contribution in [0.25, 0.3) is 10.2 Å². The summed E-state index contributed by atoms with van der Waals surface area (Å²) in [7, 11) is 1.81. The standard InChI is InChI=1S/C21H23F2N3O3S/c1-4-28-17-11-14(9-10-16(17)29-20(22)23)12-26(3)13(2)19(27)25-21-24-15-7-5-6-8-18(15)30-21/h5-11,13,20H,4,12H2,1-3H3,(H,24,25,27). The van der Waals surface area contributed by atoms with Gasteiger partial charge >= 0.3 is 6.61 Å². The highest BCUT2D eigenvalue weighted by molar-refractivity contribution is 7.22. The van der Waals surface area contributed by atoms with Gasteiger partial charge in [0.1, 0.15) is 0 Å². The van der Waals surface area contributed by atoms with Gasteiger partial charge in [0.05, 0.1) is 22.9 Å². The number of para-hydroxylation sites is 1. The number of thiazole rings is 1. The van der Waals surface area contributed by atoms with Gasteiger partial charge in [0.15, 0.2) is 16.6 Å². The number of halogens is 2. The highest BCUT2D eigenvalue weighted by Gasteiger charge is 2.20. The minimum Gasteiger partial charge on any atom is -0.490 e. The zero-order valence-corrected chi connectivity index (χ0v) is 17.7. The molecule has 0 bridgehead atoms. The third-order valence-electron chi connectivity index (χ3n) is 4.52. The molecule has 0 fully saturated rings. The zero-order chi connectivity index (χ0) is 21.7. The maximum absolute atomic E-state index is 12.7. The fourth-order valence-corrected chi connectivity index (χ4v) is 3.74. The summed E-state index contributed by atoms with van der Waals surface area (Å²) in [6.07, 6.45) is 0. The molecule has 0 aliphatic carbocycles. The van der Waals surface area contributed by atoms with Crippen molar-refractivity contribution in [2.24, 2.45) is 0 Å². The highest BCUT2D eigenvalue weighted by atomic mass is 32.1. The van der Waals surface area contributed by atoms with Crippen molar-refractivity contribution in [1.82, 2.24) is 9.88 Å². The Morgan fingerprint density at radius 3 is 2.70 bits per heavy atom. The van der Waals surface area contributed by atoms with Crippen LogP contribution in [0.4, 0.5) is 13.9 Å². The van der Waals surface area contributed by atoms with Gasteiger partial charge in [-0.15, -0.1) is 0 Å². The largest absolute Gasteiger partial charge is 0.490 e. The number of alkyl halides is 2. The van der Waals surface area contributed by atoms with Gasteiger partial charge in [-0.1, -0.05) is 29.5 Å². The molecule has 3 rings (SSSR count). The van der Waals surface area contributed by atoms with Gasteiger partial charge < -0.3 is 14.8 Å². The minimum absolute atomic E-state index is 0.0140. The molecule has 6 nitrogen and oxygen atoms in total. The third kappa shape index (κ3) is 5.43. The van der Waals surface area contributed by atoms with E-state index in [2.05, 4.69) is 15.0 Å². The molecule has 30 heavy (non-hydrogen) atoms. The van der Waals surface area contributed by atoms with Crippen LogP contribution in [0.5, 0.6) is 11.5 Å². The Morgan fingerprint density at radius 2 is 2.00 bits per heavy atom. The Balaban J connectivity index is 1.65. The number of aromatic nitrogens is 1. The molecule has 0 aliphatic heterocycles. The lowest BCUT2D eigenvalue weighted by atomic mass is 10.1. The molecule has 0 radical (unpaired) electrons. The maximum atomic E-state index is 12.7. The van der Waals surface area contributed by atoms with Crippen LogP contribution < -0.4 is 14.8 Å². The van der Waals surface area contributed by atoms with E-state index in [0.29, 0.717) is 18.3 Å². The number of benzene rings is 2. The van der Waals surface area contributed by atoms with Crippen LogP contribution in [0.3, 0.4) is 0 Å². The number of nitrogens with zero attached hydrogens (tertiary/aromatic N) is 2. The zero-order valence-electron chi connectivity index (χ0n) is 16.9. The van der Waals surface area contributed by atoms with Crippen molar-refractivity contribution in [3.05, 3.63) is 48.0 Å². The van der Waals surface area contributed by atoms with Crippen LogP contribution in [0.1, 0.15) is 19.4 Å². The van der Waals surface area contributed by atoms with E-state index in [4.69, 9.17) is 4.74 Å². The number of amides is 1. The predicted molar refractivity (Wildman–Crippen MR) is 113 cm³/mol. The van der Waals surface area contributed by atoms with Crippen LogP contribution in [0.2, 0.25) is 0 Å². The van der Waals surface area contributed by atoms with E-state index in [1.807, 2.05) is 36.2 Å². The molecule has 160 valence electrons. The Labute approximate surface area is 177 Å². The Hall–Kier alpha value is -2.78. The Kier molecular flexibility index (Phi) is 7.17. The van der Waals surface area contributed by atoms with Crippen molar-refractivity contribution >= 4 is 32.6 Å². The number of fused-ring (bicyclic) bond motifs is 1. The van der Waals surface area contributed by atoms with Gasteiger partial charge in [-0.05, 0) is 50.7 Å². The van der Waals surface area contributed by atoms with Crippen molar-refractivity contribution in [3.8, 4) is 11.5 Å².